The number of benzene rings is 2. The van der Waals surface area contributed by atoms with Crippen LogP contribution in [0, 0.1) is 0 Å². The summed E-state index contributed by atoms with van der Waals surface area (Å²) in [6.07, 6.45) is -1.47. The fourth-order valence-electron chi connectivity index (χ4n) is 2.84. The first kappa shape index (κ1) is 24.8. The Kier molecular flexibility index (Phi) is 8.42. The highest BCUT2D eigenvalue weighted by Crippen LogP contribution is 2.38. The van der Waals surface area contributed by atoms with Gasteiger partial charge in [0.2, 0.25) is 0 Å². The molecule has 30 heavy (non-hydrogen) atoms. The molecule has 164 valence electrons. The lowest BCUT2D eigenvalue weighted by Crippen LogP contribution is -2.41. The van der Waals surface area contributed by atoms with E-state index in [1.54, 1.807) is 0 Å². The Morgan fingerprint density at radius 1 is 0.900 bits per heavy atom. The van der Waals surface area contributed by atoms with Crippen LogP contribution in [0.5, 0.6) is 5.75 Å². The third-order valence-corrected chi connectivity index (χ3v) is 5.63. The summed E-state index contributed by atoms with van der Waals surface area (Å²) in [7, 11) is -0.0567. The van der Waals surface area contributed by atoms with Crippen molar-refractivity contribution in [1.82, 2.24) is 0 Å². The van der Waals surface area contributed by atoms with Crippen LogP contribution in [0.4, 0.5) is 13.2 Å². The van der Waals surface area contributed by atoms with E-state index in [4.69, 9.17) is 9.31 Å². The molecule has 0 N–H and O–H groups in total. The third kappa shape index (κ3) is 7.97. The maximum atomic E-state index is 11.6. The molecule has 8 heteroatoms. The molecule has 0 saturated carbocycles. The Balaban J connectivity index is 0.000000232. The maximum absolute atomic E-state index is 11.6. The summed E-state index contributed by atoms with van der Waals surface area (Å²) >= 11 is 3.09. The van der Waals surface area contributed by atoms with Gasteiger partial charge in [0.15, 0.2) is 0 Å². The molecule has 0 atom stereocenters. The van der Waals surface area contributed by atoms with E-state index in [0.717, 1.165) is 19.2 Å². The molecule has 1 heterocycles. The van der Waals surface area contributed by atoms with Gasteiger partial charge in [0, 0.05) is 4.47 Å². The van der Waals surface area contributed by atoms with Crippen LogP contribution in [0.25, 0.3) is 0 Å². The normalized spacial score (nSPS) is 17.3. The Bertz CT molecular complexity index is 764. The van der Waals surface area contributed by atoms with Crippen molar-refractivity contribution in [2.75, 3.05) is 0 Å². The molecular weight excluding hydrogens is 460 g/mol. The lowest BCUT2D eigenvalue weighted by atomic mass is 9.82. The highest BCUT2D eigenvalue weighted by atomic mass is 79.9. The van der Waals surface area contributed by atoms with Crippen LogP contribution >= 0.6 is 15.9 Å². The zero-order valence-corrected chi connectivity index (χ0v) is 19.2. The Morgan fingerprint density at radius 2 is 1.43 bits per heavy atom. The lowest BCUT2D eigenvalue weighted by Gasteiger charge is -2.32. The third-order valence-electron chi connectivity index (χ3n) is 5.10. The van der Waals surface area contributed by atoms with Gasteiger partial charge < -0.3 is 14.0 Å². The van der Waals surface area contributed by atoms with E-state index in [2.05, 4.69) is 78.7 Å². The van der Waals surface area contributed by atoms with Gasteiger partial charge in [-0.25, -0.2) is 0 Å². The molecular formula is C22H27BBrF3O3. The molecule has 0 radical (unpaired) electrons. The summed E-state index contributed by atoms with van der Waals surface area (Å²) < 4.78 is 51.1. The number of ether oxygens (including phenoxy) is 1. The van der Waals surface area contributed by atoms with Crippen molar-refractivity contribution in [3.63, 3.8) is 0 Å². The lowest BCUT2D eigenvalue weighted by molar-refractivity contribution is -0.274. The molecule has 1 aliphatic rings. The maximum Gasteiger partial charge on any atom is 0.573 e. The average molecular weight is 487 g/mol. The molecule has 2 aromatic rings. The fraction of sp³-hybridized carbons (Fsp3) is 0.455. The van der Waals surface area contributed by atoms with Gasteiger partial charge in [0.25, 0.3) is 0 Å². The quantitative estimate of drug-likeness (QED) is 0.423. The summed E-state index contributed by atoms with van der Waals surface area (Å²) in [5.41, 5.74) is 0.975. The predicted octanol–water partition coefficient (Wildman–Crippen LogP) is 7.06. The minimum atomic E-state index is -4.62. The van der Waals surface area contributed by atoms with Crippen LogP contribution in [0.1, 0.15) is 39.7 Å². The molecule has 1 fully saturated rings. The number of halogens is 4. The van der Waals surface area contributed by atoms with Gasteiger partial charge in [-0.05, 0) is 70.3 Å². The van der Waals surface area contributed by atoms with Crippen LogP contribution in [-0.2, 0) is 15.7 Å². The van der Waals surface area contributed by atoms with Gasteiger partial charge in [0.05, 0.1) is 11.2 Å². The number of alkyl halides is 3. The summed E-state index contributed by atoms with van der Waals surface area (Å²) in [5.74, 6) is -0.217. The number of hydrogen-bond donors (Lipinski definition) is 0. The zero-order valence-electron chi connectivity index (χ0n) is 17.6. The van der Waals surface area contributed by atoms with E-state index < -0.39 is 6.36 Å². The smallest absolute Gasteiger partial charge is 0.406 e. The summed E-state index contributed by atoms with van der Waals surface area (Å²) in [6, 6.07) is 16.0. The topological polar surface area (TPSA) is 27.7 Å². The van der Waals surface area contributed by atoms with Gasteiger partial charge in [-0.15, -0.1) is 13.2 Å². The molecule has 3 nitrogen and oxygen atoms in total. The summed E-state index contributed by atoms with van der Waals surface area (Å²) in [6.45, 7) is 8.41. The molecule has 0 aliphatic carbocycles. The zero-order chi connectivity index (χ0) is 22.4. The van der Waals surface area contributed by atoms with Crippen LogP contribution < -0.4 is 4.74 Å². The molecule has 3 rings (SSSR count). The van der Waals surface area contributed by atoms with Crippen molar-refractivity contribution in [2.24, 2.45) is 0 Å². The Labute approximate surface area is 185 Å². The van der Waals surface area contributed by atoms with E-state index in [1.807, 2.05) is 0 Å². The van der Waals surface area contributed by atoms with Crippen LogP contribution in [-0.4, -0.2) is 24.7 Å². The second kappa shape index (κ2) is 10.2. The highest BCUT2D eigenvalue weighted by molar-refractivity contribution is 9.10. The standard InChI is InChI=1S/C15H23BO2.C7H4BrF3O/c1-14(2)15(3,4)18-16(17-14)12-8-11-13-9-6-5-7-10-13;8-5-1-3-6(4-2-5)12-7(9,10)11/h5-7,9-10H,8,11-12H2,1-4H3;1-4H. The van der Waals surface area contributed by atoms with Crippen molar-refractivity contribution in [3.05, 3.63) is 64.6 Å². The molecule has 1 saturated heterocycles. The molecule has 0 amide bonds. The van der Waals surface area contributed by atoms with Gasteiger partial charge in [-0.1, -0.05) is 52.7 Å². The van der Waals surface area contributed by atoms with Crippen molar-refractivity contribution in [3.8, 4) is 5.75 Å². The predicted molar refractivity (Wildman–Crippen MR) is 116 cm³/mol. The van der Waals surface area contributed by atoms with Crippen molar-refractivity contribution >= 4 is 23.0 Å². The van der Waals surface area contributed by atoms with Crippen LogP contribution in [0.3, 0.4) is 0 Å². The summed E-state index contributed by atoms with van der Waals surface area (Å²) in [5, 5.41) is 0. The summed E-state index contributed by atoms with van der Waals surface area (Å²) in [4.78, 5) is 0. The number of rotatable bonds is 5. The Hall–Kier alpha value is -1.51. The first-order valence-corrected chi connectivity index (χ1v) is 10.6. The second-order valence-corrected chi connectivity index (χ2v) is 8.98. The van der Waals surface area contributed by atoms with Gasteiger partial charge in [-0.2, -0.15) is 0 Å². The highest BCUT2D eigenvalue weighted by Gasteiger charge is 2.50. The molecule has 2 aromatic carbocycles. The van der Waals surface area contributed by atoms with Crippen molar-refractivity contribution in [2.45, 2.75) is 64.4 Å². The fourth-order valence-corrected chi connectivity index (χ4v) is 3.10. The first-order chi connectivity index (χ1) is 13.9. The second-order valence-electron chi connectivity index (χ2n) is 8.07. The van der Waals surface area contributed by atoms with E-state index in [-0.39, 0.29) is 24.1 Å². The number of aryl methyl sites for hydroxylation is 1. The first-order valence-electron chi connectivity index (χ1n) is 9.79. The van der Waals surface area contributed by atoms with Crippen molar-refractivity contribution in [1.29, 1.82) is 0 Å². The largest absolute Gasteiger partial charge is 0.573 e. The van der Waals surface area contributed by atoms with Crippen molar-refractivity contribution < 1.29 is 27.2 Å². The van der Waals surface area contributed by atoms with E-state index in [0.29, 0.717) is 4.47 Å². The van der Waals surface area contributed by atoms with Gasteiger partial charge in [-0.3, -0.25) is 0 Å². The monoisotopic (exact) mass is 486 g/mol. The van der Waals surface area contributed by atoms with E-state index in [1.165, 1.54) is 29.8 Å². The molecule has 0 spiro atoms. The molecule has 1 aliphatic heterocycles. The van der Waals surface area contributed by atoms with Gasteiger partial charge in [0.1, 0.15) is 5.75 Å². The SMILES string of the molecule is CC1(C)OB(CCCc2ccccc2)OC1(C)C.FC(F)(F)Oc1ccc(Br)cc1. The van der Waals surface area contributed by atoms with E-state index >= 15 is 0 Å². The molecule has 0 aromatic heterocycles. The Morgan fingerprint density at radius 3 is 1.93 bits per heavy atom. The minimum absolute atomic E-state index is 0.0567. The van der Waals surface area contributed by atoms with Crippen LogP contribution in [0.2, 0.25) is 6.32 Å². The van der Waals surface area contributed by atoms with E-state index in [9.17, 15) is 13.2 Å². The minimum Gasteiger partial charge on any atom is -0.406 e. The number of hydrogen-bond acceptors (Lipinski definition) is 3. The van der Waals surface area contributed by atoms with Crippen LogP contribution in [0.15, 0.2) is 59.1 Å². The molecule has 0 bridgehead atoms. The average Bonchev–Trinajstić information content (AvgIpc) is 2.84. The van der Waals surface area contributed by atoms with Gasteiger partial charge >= 0.3 is 13.5 Å². The molecule has 0 unspecified atom stereocenters.